The molecular weight excluding hydrogens is 346 g/mol. The van der Waals surface area contributed by atoms with E-state index in [0.29, 0.717) is 0 Å². The van der Waals surface area contributed by atoms with Crippen LogP contribution in [0, 0.1) is 13.8 Å². The van der Waals surface area contributed by atoms with Crippen molar-refractivity contribution in [2.75, 3.05) is 5.32 Å². The lowest BCUT2D eigenvalue weighted by Gasteiger charge is -2.15. The van der Waals surface area contributed by atoms with Crippen LogP contribution in [0.25, 0.3) is 17.0 Å². The van der Waals surface area contributed by atoms with Crippen LogP contribution in [0.2, 0.25) is 0 Å². The number of hydrogen-bond donors (Lipinski definition) is 1. The molecular formula is C18H21N7S. The minimum absolute atomic E-state index is 0.225. The molecule has 8 heteroatoms. The number of aromatic nitrogens is 6. The molecule has 0 aliphatic rings. The lowest BCUT2D eigenvalue weighted by Crippen LogP contribution is -2.20. The maximum absolute atomic E-state index is 4.69. The summed E-state index contributed by atoms with van der Waals surface area (Å²) in [5.41, 5.74) is 5.35. The van der Waals surface area contributed by atoms with Gasteiger partial charge in [-0.1, -0.05) is 0 Å². The van der Waals surface area contributed by atoms with E-state index < -0.39 is 0 Å². The van der Waals surface area contributed by atoms with Crippen molar-refractivity contribution in [1.82, 2.24) is 29.6 Å². The highest BCUT2D eigenvalue weighted by Gasteiger charge is 2.15. The van der Waals surface area contributed by atoms with E-state index in [9.17, 15) is 0 Å². The smallest absolute Gasteiger partial charge is 0.186 e. The number of anilines is 1. The molecule has 4 aromatic rings. The molecule has 0 aliphatic carbocycles. The molecule has 0 saturated heterocycles. The Morgan fingerprint density at radius 1 is 1.15 bits per heavy atom. The van der Waals surface area contributed by atoms with Crippen LogP contribution in [-0.2, 0) is 13.5 Å². The summed E-state index contributed by atoms with van der Waals surface area (Å²) in [6, 6.07) is 6.13. The van der Waals surface area contributed by atoms with Crippen molar-refractivity contribution < 1.29 is 0 Å². The molecule has 1 atom stereocenters. The van der Waals surface area contributed by atoms with E-state index >= 15 is 0 Å². The van der Waals surface area contributed by atoms with E-state index in [1.54, 1.807) is 15.9 Å². The van der Waals surface area contributed by atoms with Gasteiger partial charge in [-0.05, 0) is 56.3 Å². The summed E-state index contributed by atoms with van der Waals surface area (Å²) in [6.45, 7) is 6.32. The zero-order valence-corrected chi connectivity index (χ0v) is 16.1. The first-order chi connectivity index (χ1) is 12.5. The lowest BCUT2D eigenvalue weighted by atomic mass is 10.1. The highest BCUT2D eigenvalue weighted by molar-refractivity contribution is 7.08. The normalized spacial score (nSPS) is 12.6. The van der Waals surface area contributed by atoms with Crippen molar-refractivity contribution in [1.29, 1.82) is 0 Å². The van der Waals surface area contributed by atoms with Gasteiger partial charge in [0.25, 0.3) is 0 Å². The molecule has 7 nitrogen and oxygen atoms in total. The second-order valence-corrected chi connectivity index (χ2v) is 7.33. The number of hydrogen-bond acceptors (Lipinski definition) is 6. The first-order valence-corrected chi connectivity index (χ1v) is 9.48. The summed E-state index contributed by atoms with van der Waals surface area (Å²) in [6.07, 6.45) is 0.894. The van der Waals surface area contributed by atoms with Crippen LogP contribution < -0.4 is 5.32 Å². The number of aryl methyl sites for hydroxylation is 2. The third-order valence-corrected chi connectivity index (χ3v) is 5.29. The Morgan fingerprint density at radius 2 is 2.00 bits per heavy atom. The molecule has 0 aromatic carbocycles. The standard InChI is InChI=1S/C18H21N7S/c1-11(9-15-12(2)22-24(4)13(15)3)19-16-5-6-17-20-21-18(25(17)23-16)14-7-8-26-10-14/h5-8,10-11H,9H2,1-4H3,(H,19,23). The maximum Gasteiger partial charge on any atom is 0.186 e. The number of fused-ring (bicyclic) bond motifs is 1. The Hall–Kier alpha value is -2.74. The number of nitrogens with one attached hydrogen (secondary N) is 1. The second-order valence-electron chi connectivity index (χ2n) is 6.55. The molecule has 4 aromatic heterocycles. The number of nitrogens with zero attached hydrogens (tertiary/aromatic N) is 6. The van der Waals surface area contributed by atoms with Crippen LogP contribution in [0.5, 0.6) is 0 Å². The van der Waals surface area contributed by atoms with Crippen molar-refractivity contribution in [3.8, 4) is 11.4 Å². The van der Waals surface area contributed by atoms with Gasteiger partial charge in [0.15, 0.2) is 11.5 Å². The zero-order chi connectivity index (χ0) is 18.3. The van der Waals surface area contributed by atoms with E-state index in [2.05, 4.69) is 51.9 Å². The highest BCUT2D eigenvalue weighted by Crippen LogP contribution is 2.21. The molecule has 26 heavy (non-hydrogen) atoms. The van der Waals surface area contributed by atoms with Gasteiger partial charge in [-0.2, -0.15) is 21.0 Å². The van der Waals surface area contributed by atoms with Gasteiger partial charge in [-0.25, -0.2) is 0 Å². The van der Waals surface area contributed by atoms with Crippen molar-refractivity contribution in [3.05, 3.63) is 45.9 Å². The maximum atomic E-state index is 4.69. The SMILES string of the molecule is Cc1nn(C)c(C)c1CC(C)Nc1ccc2nnc(-c3ccsc3)n2n1. The summed E-state index contributed by atoms with van der Waals surface area (Å²) >= 11 is 1.63. The summed E-state index contributed by atoms with van der Waals surface area (Å²) in [5, 5.41) is 25.2. The molecule has 0 bridgehead atoms. The van der Waals surface area contributed by atoms with Gasteiger partial charge in [0.1, 0.15) is 5.82 Å². The van der Waals surface area contributed by atoms with Crippen LogP contribution in [0.15, 0.2) is 29.0 Å². The van der Waals surface area contributed by atoms with Gasteiger partial charge in [0.05, 0.1) is 5.69 Å². The molecule has 0 radical (unpaired) electrons. The fourth-order valence-corrected chi connectivity index (χ4v) is 3.79. The molecule has 0 aliphatic heterocycles. The van der Waals surface area contributed by atoms with Crippen LogP contribution in [-0.4, -0.2) is 35.6 Å². The van der Waals surface area contributed by atoms with E-state index in [0.717, 1.165) is 35.0 Å². The average Bonchev–Trinajstić information content (AvgIpc) is 3.31. The van der Waals surface area contributed by atoms with Crippen LogP contribution in [0.1, 0.15) is 23.9 Å². The monoisotopic (exact) mass is 367 g/mol. The minimum Gasteiger partial charge on any atom is -0.366 e. The lowest BCUT2D eigenvalue weighted by molar-refractivity contribution is 0.726. The van der Waals surface area contributed by atoms with Gasteiger partial charge >= 0.3 is 0 Å². The summed E-state index contributed by atoms with van der Waals surface area (Å²) in [4.78, 5) is 0. The van der Waals surface area contributed by atoms with Crippen molar-refractivity contribution in [2.45, 2.75) is 33.2 Å². The summed E-state index contributed by atoms with van der Waals surface area (Å²) in [5.74, 6) is 1.57. The van der Waals surface area contributed by atoms with Gasteiger partial charge in [0.2, 0.25) is 0 Å². The molecule has 134 valence electrons. The van der Waals surface area contributed by atoms with E-state index in [4.69, 9.17) is 0 Å². The molecule has 1 N–H and O–H groups in total. The molecule has 0 amide bonds. The quantitative estimate of drug-likeness (QED) is 0.586. The van der Waals surface area contributed by atoms with Crippen LogP contribution in [0.3, 0.4) is 0 Å². The third-order valence-electron chi connectivity index (χ3n) is 4.61. The number of rotatable bonds is 5. The Balaban J connectivity index is 1.58. The molecule has 4 rings (SSSR count). The van der Waals surface area contributed by atoms with Gasteiger partial charge in [0, 0.05) is 29.7 Å². The number of thiophene rings is 1. The van der Waals surface area contributed by atoms with Gasteiger partial charge in [-0.3, -0.25) is 4.68 Å². The Bertz CT molecular complexity index is 1050. The Labute approximate surface area is 155 Å². The highest BCUT2D eigenvalue weighted by atomic mass is 32.1. The van der Waals surface area contributed by atoms with Gasteiger partial charge in [-0.15, -0.1) is 15.3 Å². The van der Waals surface area contributed by atoms with Gasteiger partial charge < -0.3 is 5.32 Å². The fourth-order valence-electron chi connectivity index (χ4n) is 3.16. The Kier molecular flexibility index (Phi) is 4.20. The largest absolute Gasteiger partial charge is 0.366 e. The third kappa shape index (κ3) is 2.96. The van der Waals surface area contributed by atoms with Crippen LogP contribution >= 0.6 is 11.3 Å². The summed E-state index contributed by atoms with van der Waals surface area (Å²) in [7, 11) is 1.98. The second kappa shape index (κ2) is 6.53. The van der Waals surface area contributed by atoms with Crippen molar-refractivity contribution in [2.24, 2.45) is 7.05 Å². The first kappa shape index (κ1) is 16.7. The zero-order valence-electron chi connectivity index (χ0n) is 15.3. The Morgan fingerprint density at radius 3 is 2.69 bits per heavy atom. The predicted octanol–water partition coefficient (Wildman–Crippen LogP) is 3.25. The first-order valence-electron chi connectivity index (χ1n) is 8.53. The van der Waals surface area contributed by atoms with Crippen molar-refractivity contribution >= 4 is 22.8 Å². The average molecular weight is 367 g/mol. The fraction of sp³-hybridized carbons (Fsp3) is 0.333. The minimum atomic E-state index is 0.225. The molecule has 0 spiro atoms. The molecule has 4 heterocycles. The van der Waals surface area contributed by atoms with Crippen molar-refractivity contribution in [3.63, 3.8) is 0 Å². The van der Waals surface area contributed by atoms with E-state index in [1.807, 2.05) is 35.3 Å². The topological polar surface area (TPSA) is 72.9 Å². The summed E-state index contributed by atoms with van der Waals surface area (Å²) < 4.78 is 3.73. The van der Waals surface area contributed by atoms with E-state index in [-0.39, 0.29) is 6.04 Å². The molecule has 1 unspecified atom stereocenters. The van der Waals surface area contributed by atoms with Crippen LogP contribution in [0.4, 0.5) is 5.82 Å². The van der Waals surface area contributed by atoms with E-state index in [1.165, 1.54) is 11.3 Å². The predicted molar refractivity (Wildman–Crippen MR) is 104 cm³/mol. The molecule has 0 saturated carbocycles. The molecule has 0 fully saturated rings.